The molecule has 3 nitrogen and oxygen atoms in total. The molecule has 0 saturated heterocycles. The third-order valence-electron chi connectivity index (χ3n) is 4.05. The molecule has 1 aromatic carbocycles. The molecule has 1 aliphatic rings. The fourth-order valence-corrected chi connectivity index (χ4v) is 3.92. The molecular formula is C17H20Cl2N2OS. The SMILES string of the molecule is CCN(Cc1ccc(Cl)s1)C(=O)C1Cc2ccccc2CN1.Cl. The van der Waals surface area contributed by atoms with Gasteiger partial charge in [0, 0.05) is 18.0 Å². The van der Waals surface area contributed by atoms with Gasteiger partial charge in [0.1, 0.15) is 0 Å². The lowest BCUT2D eigenvalue weighted by Gasteiger charge is -2.30. The second-order valence-electron chi connectivity index (χ2n) is 5.46. The van der Waals surface area contributed by atoms with Gasteiger partial charge in [0.2, 0.25) is 5.91 Å². The first-order chi connectivity index (χ1) is 10.7. The zero-order valence-corrected chi connectivity index (χ0v) is 15.3. The minimum absolute atomic E-state index is 0. The van der Waals surface area contributed by atoms with Crippen molar-refractivity contribution in [3.8, 4) is 0 Å². The van der Waals surface area contributed by atoms with Crippen LogP contribution in [0.1, 0.15) is 22.9 Å². The highest BCUT2D eigenvalue weighted by atomic mass is 35.5. The van der Waals surface area contributed by atoms with E-state index in [1.165, 1.54) is 22.5 Å². The van der Waals surface area contributed by atoms with Gasteiger partial charge in [-0.2, -0.15) is 0 Å². The molecule has 0 bridgehead atoms. The summed E-state index contributed by atoms with van der Waals surface area (Å²) in [6.07, 6.45) is 0.761. The van der Waals surface area contributed by atoms with Crippen molar-refractivity contribution in [2.24, 2.45) is 0 Å². The van der Waals surface area contributed by atoms with Gasteiger partial charge < -0.3 is 10.2 Å². The Balaban J connectivity index is 0.00000192. The third kappa shape index (κ3) is 4.27. The number of nitrogens with zero attached hydrogens (tertiary/aromatic N) is 1. The lowest BCUT2D eigenvalue weighted by atomic mass is 9.95. The Morgan fingerprint density at radius 2 is 2.04 bits per heavy atom. The molecule has 6 heteroatoms. The topological polar surface area (TPSA) is 32.3 Å². The summed E-state index contributed by atoms with van der Waals surface area (Å²) in [5, 5.41) is 3.37. The summed E-state index contributed by atoms with van der Waals surface area (Å²) in [5.41, 5.74) is 2.56. The molecule has 1 atom stereocenters. The smallest absolute Gasteiger partial charge is 0.240 e. The van der Waals surface area contributed by atoms with E-state index in [-0.39, 0.29) is 24.4 Å². The van der Waals surface area contributed by atoms with Gasteiger partial charge in [-0.25, -0.2) is 0 Å². The van der Waals surface area contributed by atoms with Crippen molar-refractivity contribution >= 4 is 41.3 Å². The van der Waals surface area contributed by atoms with Gasteiger partial charge in [0.05, 0.1) is 16.9 Å². The second kappa shape index (κ2) is 8.15. The van der Waals surface area contributed by atoms with Crippen LogP contribution < -0.4 is 5.32 Å². The van der Waals surface area contributed by atoms with Crippen LogP contribution in [0, 0.1) is 0 Å². The maximum atomic E-state index is 12.8. The van der Waals surface area contributed by atoms with E-state index < -0.39 is 0 Å². The van der Waals surface area contributed by atoms with Crippen LogP contribution >= 0.6 is 35.3 Å². The Morgan fingerprint density at radius 1 is 1.30 bits per heavy atom. The van der Waals surface area contributed by atoms with Gasteiger partial charge in [-0.3, -0.25) is 4.79 Å². The van der Waals surface area contributed by atoms with Gasteiger partial charge >= 0.3 is 0 Å². The number of amides is 1. The average Bonchev–Trinajstić information content (AvgIpc) is 2.96. The van der Waals surface area contributed by atoms with Gasteiger partial charge in [0.25, 0.3) is 0 Å². The highest BCUT2D eigenvalue weighted by molar-refractivity contribution is 7.16. The number of halogens is 2. The van der Waals surface area contributed by atoms with Crippen LogP contribution in [0.5, 0.6) is 0 Å². The highest BCUT2D eigenvalue weighted by Gasteiger charge is 2.27. The molecule has 0 aliphatic carbocycles. The molecule has 1 aliphatic heterocycles. The quantitative estimate of drug-likeness (QED) is 0.885. The fraction of sp³-hybridized carbons (Fsp3) is 0.353. The Morgan fingerprint density at radius 3 is 2.70 bits per heavy atom. The van der Waals surface area contributed by atoms with Crippen LogP contribution in [-0.2, 0) is 24.3 Å². The first kappa shape index (κ1) is 18.3. The third-order valence-corrected chi connectivity index (χ3v) is 5.26. The van der Waals surface area contributed by atoms with E-state index in [0.717, 1.165) is 22.2 Å². The Kier molecular flexibility index (Phi) is 6.48. The number of fused-ring (bicyclic) bond motifs is 1. The summed E-state index contributed by atoms with van der Waals surface area (Å²) >= 11 is 7.51. The summed E-state index contributed by atoms with van der Waals surface area (Å²) < 4.78 is 0.767. The van der Waals surface area contributed by atoms with Crippen molar-refractivity contribution in [2.75, 3.05) is 6.54 Å². The maximum absolute atomic E-state index is 12.8. The van der Waals surface area contributed by atoms with E-state index in [2.05, 4.69) is 17.4 Å². The first-order valence-electron chi connectivity index (χ1n) is 7.50. The standard InChI is InChI=1S/C17H19ClN2OS.ClH/c1-2-20(11-14-7-8-16(18)22-14)17(21)15-9-12-5-3-4-6-13(12)10-19-15;/h3-8,15,19H,2,9-11H2,1H3;1H. The van der Waals surface area contributed by atoms with Crippen LogP contribution in [0.4, 0.5) is 0 Å². The molecule has 0 fully saturated rings. The van der Waals surface area contributed by atoms with E-state index in [1.54, 1.807) is 0 Å². The predicted molar refractivity (Wildman–Crippen MR) is 98.4 cm³/mol. The molecule has 124 valence electrons. The zero-order valence-electron chi connectivity index (χ0n) is 12.9. The van der Waals surface area contributed by atoms with Crippen LogP contribution in [0.25, 0.3) is 0 Å². The molecule has 23 heavy (non-hydrogen) atoms. The number of benzene rings is 1. The van der Waals surface area contributed by atoms with Crippen molar-refractivity contribution in [1.82, 2.24) is 10.2 Å². The van der Waals surface area contributed by atoms with Crippen LogP contribution in [0.15, 0.2) is 36.4 Å². The molecule has 2 aromatic rings. The number of hydrogen-bond acceptors (Lipinski definition) is 3. The molecule has 1 N–H and O–H groups in total. The van der Waals surface area contributed by atoms with E-state index in [1.807, 2.05) is 36.1 Å². The molecule has 0 spiro atoms. The first-order valence-corrected chi connectivity index (χ1v) is 8.70. The number of carbonyl (C=O) groups is 1. The molecule has 2 heterocycles. The number of thiophene rings is 1. The normalized spacial score (nSPS) is 16.3. The van der Waals surface area contributed by atoms with E-state index in [0.29, 0.717) is 13.1 Å². The lowest BCUT2D eigenvalue weighted by molar-refractivity contribution is -0.134. The minimum Gasteiger partial charge on any atom is -0.336 e. The number of likely N-dealkylation sites (N-methyl/N-ethyl adjacent to an activating group) is 1. The molecule has 0 saturated carbocycles. The van der Waals surface area contributed by atoms with Crippen molar-refractivity contribution < 1.29 is 4.79 Å². The Hall–Kier alpha value is -1.07. The minimum atomic E-state index is -0.134. The molecule has 3 rings (SSSR count). The molecule has 1 unspecified atom stereocenters. The zero-order chi connectivity index (χ0) is 15.5. The predicted octanol–water partition coefficient (Wildman–Crippen LogP) is 3.89. The number of rotatable bonds is 4. The number of nitrogens with one attached hydrogen (secondary N) is 1. The highest BCUT2D eigenvalue weighted by Crippen LogP contribution is 2.23. The van der Waals surface area contributed by atoms with E-state index >= 15 is 0 Å². The van der Waals surface area contributed by atoms with Crippen LogP contribution in [0.2, 0.25) is 4.34 Å². The largest absolute Gasteiger partial charge is 0.336 e. The molecule has 1 aromatic heterocycles. The summed E-state index contributed by atoms with van der Waals surface area (Å²) in [6.45, 7) is 4.11. The second-order valence-corrected chi connectivity index (χ2v) is 7.26. The lowest BCUT2D eigenvalue weighted by Crippen LogP contribution is -2.49. The Labute approximate surface area is 152 Å². The van der Waals surface area contributed by atoms with E-state index in [9.17, 15) is 4.79 Å². The summed E-state index contributed by atoms with van der Waals surface area (Å²) in [6, 6.07) is 12.1. The summed E-state index contributed by atoms with van der Waals surface area (Å²) in [7, 11) is 0. The van der Waals surface area contributed by atoms with Gasteiger partial charge in [-0.1, -0.05) is 35.9 Å². The fourth-order valence-electron chi connectivity index (χ4n) is 2.82. The Bertz CT molecular complexity index is 674. The summed E-state index contributed by atoms with van der Waals surface area (Å²) in [5.74, 6) is 0.168. The van der Waals surface area contributed by atoms with E-state index in [4.69, 9.17) is 11.6 Å². The summed E-state index contributed by atoms with van der Waals surface area (Å²) in [4.78, 5) is 15.8. The monoisotopic (exact) mass is 370 g/mol. The van der Waals surface area contributed by atoms with Crippen molar-refractivity contribution in [2.45, 2.75) is 32.5 Å². The maximum Gasteiger partial charge on any atom is 0.240 e. The van der Waals surface area contributed by atoms with Crippen molar-refractivity contribution in [3.63, 3.8) is 0 Å². The number of hydrogen-bond donors (Lipinski definition) is 1. The van der Waals surface area contributed by atoms with Crippen molar-refractivity contribution in [3.05, 3.63) is 56.7 Å². The van der Waals surface area contributed by atoms with Crippen LogP contribution in [0.3, 0.4) is 0 Å². The average molecular weight is 371 g/mol. The molecule has 1 amide bonds. The van der Waals surface area contributed by atoms with Gasteiger partial charge in [0.15, 0.2) is 0 Å². The number of carbonyl (C=O) groups excluding carboxylic acids is 1. The van der Waals surface area contributed by atoms with Gasteiger partial charge in [-0.05, 0) is 36.6 Å². The molecule has 0 radical (unpaired) electrons. The molecular weight excluding hydrogens is 351 g/mol. The van der Waals surface area contributed by atoms with Gasteiger partial charge in [-0.15, -0.1) is 23.7 Å². The van der Waals surface area contributed by atoms with Crippen LogP contribution in [-0.4, -0.2) is 23.4 Å². The van der Waals surface area contributed by atoms with Crippen molar-refractivity contribution in [1.29, 1.82) is 0 Å².